The highest BCUT2D eigenvalue weighted by Gasteiger charge is 2.46. The third-order valence-corrected chi connectivity index (χ3v) is 7.32. The number of hydrogen-bond donors (Lipinski definition) is 1. The van der Waals surface area contributed by atoms with Crippen LogP contribution in [0.5, 0.6) is 17.2 Å². The van der Waals surface area contributed by atoms with Crippen molar-refractivity contribution in [3.05, 3.63) is 88.8 Å². The van der Waals surface area contributed by atoms with Crippen LogP contribution >= 0.6 is 0 Å². The van der Waals surface area contributed by atoms with Gasteiger partial charge >= 0.3 is 0 Å². The lowest BCUT2D eigenvalue weighted by atomic mass is 9.94. The maximum absolute atomic E-state index is 13.6. The van der Waals surface area contributed by atoms with Gasteiger partial charge in [-0.1, -0.05) is 26.0 Å². The molecule has 2 aliphatic rings. The number of amides is 1. The van der Waals surface area contributed by atoms with Crippen molar-refractivity contribution >= 4 is 17.4 Å². The Morgan fingerprint density at radius 2 is 1.95 bits per heavy atom. The summed E-state index contributed by atoms with van der Waals surface area (Å²) in [5, 5.41) is 11.6. The van der Waals surface area contributed by atoms with Gasteiger partial charge in [-0.25, -0.2) is 0 Å². The lowest BCUT2D eigenvalue weighted by Gasteiger charge is -2.26. The first kappa shape index (κ1) is 28.2. The Morgan fingerprint density at radius 3 is 2.68 bits per heavy atom. The van der Waals surface area contributed by atoms with Crippen LogP contribution in [0.4, 0.5) is 0 Å². The maximum Gasteiger partial charge on any atom is 0.295 e. The number of benzene rings is 2. The number of Topliss-reactive ketones (excluding diaryl/α,β-unsaturated/α-hetero) is 1. The molecule has 2 aliphatic heterocycles. The number of pyridine rings is 1. The van der Waals surface area contributed by atoms with Crippen LogP contribution in [0, 0.1) is 5.92 Å². The second-order valence-electron chi connectivity index (χ2n) is 10.9. The van der Waals surface area contributed by atoms with Gasteiger partial charge in [-0.2, -0.15) is 0 Å². The fourth-order valence-electron chi connectivity index (χ4n) is 5.29. The van der Waals surface area contributed by atoms with E-state index in [1.165, 1.54) is 4.90 Å². The van der Waals surface area contributed by atoms with Crippen molar-refractivity contribution < 1.29 is 28.9 Å². The predicted molar refractivity (Wildman–Crippen MR) is 155 cm³/mol. The minimum absolute atomic E-state index is 0.0294. The third-order valence-electron chi connectivity index (χ3n) is 7.32. The average Bonchev–Trinajstić information content (AvgIpc) is 3.45. The Bertz CT molecular complexity index is 1470. The van der Waals surface area contributed by atoms with E-state index in [9.17, 15) is 14.7 Å². The number of aliphatic hydroxyl groups excluding tert-OH is 1. The first-order chi connectivity index (χ1) is 19.8. The van der Waals surface area contributed by atoms with Crippen LogP contribution < -0.4 is 14.2 Å². The second-order valence-corrected chi connectivity index (χ2v) is 10.9. The molecule has 1 amide bonds. The highest BCUT2D eigenvalue weighted by atomic mass is 16.5. The lowest BCUT2D eigenvalue weighted by molar-refractivity contribution is -0.140. The summed E-state index contributed by atoms with van der Waals surface area (Å²) in [6.45, 7) is 9.23. The van der Waals surface area contributed by atoms with Crippen molar-refractivity contribution in [2.45, 2.75) is 59.2 Å². The van der Waals surface area contributed by atoms with E-state index in [-0.39, 0.29) is 24.0 Å². The predicted octanol–water partition coefficient (Wildman–Crippen LogP) is 5.85. The standard InChI is InChI=1S/C33H36N2O6/c1-5-39-28-17-23(8-11-27(28)40-14-12-20(2)3)30-29(31(36)24-9-10-26-25(16-24)15-21(4)41-26)32(37)33(38)35(30)19-22-7-6-13-34-18-22/h6-11,13,16-18,20-21,30,36H,5,12,14-15,19H2,1-4H3/t21-,30-/m0/s1. The second kappa shape index (κ2) is 12.0. The Labute approximate surface area is 240 Å². The van der Waals surface area contributed by atoms with Gasteiger partial charge in [-0.15, -0.1) is 0 Å². The van der Waals surface area contributed by atoms with E-state index in [2.05, 4.69) is 18.8 Å². The summed E-state index contributed by atoms with van der Waals surface area (Å²) >= 11 is 0. The molecule has 8 nitrogen and oxygen atoms in total. The average molecular weight is 557 g/mol. The number of carbonyl (C=O) groups is 2. The number of fused-ring (bicyclic) bond motifs is 1. The summed E-state index contributed by atoms with van der Waals surface area (Å²) in [6.07, 6.45) is 4.94. The highest BCUT2D eigenvalue weighted by molar-refractivity contribution is 6.46. The first-order valence-corrected chi connectivity index (χ1v) is 14.1. The van der Waals surface area contributed by atoms with Gasteiger partial charge in [0.15, 0.2) is 11.5 Å². The number of aromatic nitrogens is 1. The van der Waals surface area contributed by atoms with Crippen molar-refractivity contribution in [1.29, 1.82) is 0 Å². The van der Waals surface area contributed by atoms with Crippen molar-refractivity contribution in [3.63, 3.8) is 0 Å². The molecule has 41 heavy (non-hydrogen) atoms. The number of carbonyl (C=O) groups excluding carboxylic acids is 2. The minimum Gasteiger partial charge on any atom is -0.507 e. The number of likely N-dealkylation sites (tertiary alicyclic amines) is 1. The molecule has 2 aromatic carbocycles. The maximum atomic E-state index is 13.6. The lowest BCUT2D eigenvalue weighted by Crippen LogP contribution is -2.29. The molecule has 0 bridgehead atoms. The fourth-order valence-corrected chi connectivity index (χ4v) is 5.29. The summed E-state index contributed by atoms with van der Waals surface area (Å²) in [4.78, 5) is 32.7. The van der Waals surface area contributed by atoms with Crippen molar-refractivity contribution in [2.24, 2.45) is 5.92 Å². The topological polar surface area (TPSA) is 98.2 Å². The molecule has 5 rings (SSSR count). The van der Waals surface area contributed by atoms with Crippen molar-refractivity contribution in [2.75, 3.05) is 13.2 Å². The highest BCUT2D eigenvalue weighted by Crippen LogP contribution is 2.43. The molecular formula is C33H36N2O6. The zero-order valence-electron chi connectivity index (χ0n) is 23.9. The largest absolute Gasteiger partial charge is 0.507 e. The number of aliphatic hydroxyl groups is 1. The van der Waals surface area contributed by atoms with Crippen LogP contribution in [-0.4, -0.2) is 46.0 Å². The van der Waals surface area contributed by atoms with Gasteiger partial charge in [0, 0.05) is 30.9 Å². The molecule has 0 unspecified atom stereocenters. The van der Waals surface area contributed by atoms with Crippen LogP contribution in [0.3, 0.4) is 0 Å². The number of nitrogens with zero attached hydrogens (tertiary/aromatic N) is 2. The Balaban J connectivity index is 1.60. The van der Waals surface area contributed by atoms with E-state index >= 15 is 0 Å². The molecule has 1 aromatic heterocycles. The van der Waals surface area contributed by atoms with Crippen LogP contribution in [-0.2, 0) is 22.6 Å². The van der Waals surface area contributed by atoms with Crippen LogP contribution in [0.1, 0.15) is 62.4 Å². The van der Waals surface area contributed by atoms with Crippen LogP contribution in [0.15, 0.2) is 66.5 Å². The van der Waals surface area contributed by atoms with E-state index in [4.69, 9.17) is 14.2 Å². The monoisotopic (exact) mass is 556 g/mol. The number of rotatable bonds is 10. The Hall–Kier alpha value is -4.33. The number of ether oxygens (including phenoxy) is 3. The smallest absolute Gasteiger partial charge is 0.295 e. The van der Waals surface area contributed by atoms with Crippen LogP contribution in [0.25, 0.3) is 5.76 Å². The molecule has 3 heterocycles. The van der Waals surface area contributed by atoms with Gasteiger partial charge in [0.25, 0.3) is 11.7 Å². The molecule has 1 saturated heterocycles. The molecule has 0 aliphatic carbocycles. The zero-order valence-corrected chi connectivity index (χ0v) is 23.9. The van der Waals surface area contributed by atoms with Gasteiger partial charge in [0.2, 0.25) is 0 Å². The number of ketones is 1. The molecule has 0 saturated carbocycles. The fraction of sp³-hybridized carbons (Fsp3) is 0.364. The zero-order chi connectivity index (χ0) is 29.1. The molecule has 3 aromatic rings. The minimum atomic E-state index is -0.845. The van der Waals surface area contributed by atoms with Crippen molar-refractivity contribution in [1.82, 2.24) is 9.88 Å². The molecular weight excluding hydrogens is 520 g/mol. The summed E-state index contributed by atoms with van der Waals surface area (Å²) in [5.41, 5.74) is 2.84. The van der Waals surface area contributed by atoms with E-state index in [1.54, 1.807) is 42.7 Å². The van der Waals surface area contributed by atoms with Gasteiger partial charge in [0.1, 0.15) is 17.6 Å². The third kappa shape index (κ3) is 5.92. The molecule has 1 N–H and O–H groups in total. The summed E-state index contributed by atoms with van der Waals surface area (Å²) in [6, 6.07) is 13.6. The molecule has 0 spiro atoms. The van der Waals surface area contributed by atoms with E-state index in [0.29, 0.717) is 48.2 Å². The molecule has 8 heteroatoms. The van der Waals surface area contributed by atoms with E-state index in [1.807, 2.05) is 32.0 Å². The summed E-state index contributed by atoms with van der Waals surface area (Å²) in [5.74, 6) is 0.714. The molecule has 1 fully saturated rings. The SMILES string of the molecule is CCOc1cc([C@H]2C(=C(O)c3ccc4c(c3)C[C@H](C)O4)C(=O)C(=O)N2Cc2cccnc2)ccc1OCCC(C)C. The van der Waals surface area contributed by atoms with E-state index in [0.717, 1.165) is 23.3 Å². The van der Waals surface area contributed by atoms with Gasteiger partial charge in [0.05, 0.1) is 24.8 Å². The van der Waals surface area contributed by atoms with Gasteiger partial charge in [-0.05, 0) is 79.3 Å². The summed E-state index contributed by atoms with van der Waals surface area (Å²) < 4.78 is 17.8. The Morgan fingerprint density at radius 1 is 1.12 bits per heavy atom. The Kier molecular flexibility index (Phi) is 8.28. The van der Waals surface area contributed by atoms with Gasteiger partial charge in [-0.3, -0.25) is 14.6 Å². The first-order valence-electron chi connectivity index (χ1n) is 14.1. The van der Waals surface area contributed by atoms with Crippen LogP contribution in [0.2, 0.25) is 0 Å². The molecule has 214 valence electrons. The number of hydrogen-bond acceptors (Lipinski definition) is 7. The summed E-state index contributed by atoms with van der Waals surface area (Å²) in [7, 11) is 0. The molecule has 0 radical (unpaired) electrons. The molecule has 2 atom stereocenters. The quantitative estimate of drug-likeness (QED) is 0.190. The van der Waals surface area contributed by atoms with E-state index < -0.39 is 17.7 Å². The van der Waals surface area contributed by atoms with Gasteiger partial charge < -0.3 is 24.2 Å². The van der Waals surface area contributed by atoms with Crippen molar-refractivity contribution in [3.8, 4) is 17.2 Å². The normalized spacial score (nSPS) is 19.4.